The number of nitrogens with one attached hydrogen (secondary N) is 2. The predicted molar refractivity (Wildman–Crippen MR) is 125 cm³/mol. The third-order valence-electron chi connectivity index (χ3n) is 5.43. The summed E-state index contributed by atoms with van der Waals surface area (Å²) >= 11 is 3.38. The number of imide groups is 1. The first-order chi connectivity index (χ1) is 14.7. The third kappa shape index (κ3) is 4.74. The summed E-state index contributed by atoms with van der Waals surface area (Å²) in [5.74, 6) is -0.900. The number of carbonyl (C=O) groups is 3. The van der Waals surface area contributed by atoms with Crippen LogP contribution >= 0.6 is 15.9 Å². The number of carbonyl (C=O) groups excluding carboxylic acids is 3. The quantitative estimate of drug-likeness (QED) is 0.577. The van der Waals surface area contributed by atoms with Crippen LogP contribution in [0.2, 0.25) is 0 Å². The van der Waals surface area contributed by atoms with Gasteiger partial charge in [-0.15, -0.1) is 0 Å². The fourth-order valence-corrected chi connectivity index (χ4v) is 4.16. The molecule has 3 rings (SSSR count). The first kappa shape index (κ1) is 22.8. The van der Waals surface area contributed by atoms with Gasteiger partial charge in [-0.3, -0.25) is 14.5 Å². The van der Waals surface area contributed by atoms with Crippen molar-refractivity contribution in [3.8, 4) is 0 Å². The number of halogens is 1. The monoisotopic (exact) mass is 486 g/mol. The van der Waals surface area contributed by atoms with E-state index in [2.05, 4.69) is 52.2 Å². The van der Waals surface area contributed by atoms with Crippen molar-refractivity contribution in [3.05, 3.63) is 58.6 Å². The molecule has 1 atom stereocenters. The summed E-state index contributed by atoms with van der Waals surface area (Å²) in [5, 5.41) is 5.47. The standard InChI is InChI=1S/C23H27BrN4O3/c1-5-27(15(2)3)19-11-9-18(10-12-19)25-20(29)14-28-21(30)23(4,26-22(28)31)16-7-6-8-17(24)13-16/h6-13,15H,5,14H2,1-4H3,(H,25,29)(H,26,31). The Bertz CT molecular complexity index is 993. The number of benzene rings is 2. The molecule has 0 aliphatic carbocycles. The number of amides is 4. The molecule has 164 valence electrons. The van der Waals surface area contributed by atoms with Crippen LogP contribution in [0.15, 0.2) is 53.0 Å². The summed E-state index contributed by atoms with van der Waals surface area (Å²) in [6.45, 7) is 8.50. The largest absolute Gasteiger partial charge is 0.369 e. The molecule has 31 heavy (non-hydrogen) atoms. The minimum atomic E-state index is -1.22. The summed E-state index contributed by atoms with van der Waals surface area (Å²) < 4.78 is 0.798. The van der Waals surface area contributed by atoms with Gasteiger partial charge in [-0.25, -0.2) is 4.79 Å². The summed E-state index contributed by atoms with van der Waals surface area (Å²) in [5.41, 5.74) is 1.09. The minimum Gasteiger partial charge on any atom is -0.369 e. The molecule has 0 bridgehead atoms. The van der Waals surface area contributed by atoms with Crippen LogP contribution in [0.3, 0.4) is 0 Å². The topological polar surface area (TPSA) is 81.8 Å². The predicted octanol–water partition coefficient (Wildman–Crippen LogP) is 4.09. The Balaban J connectivity index is 1.68. The lowest BCUT2D eigenvalue weighted by atomic mass is 9.92. The maximum Gasteiger partial charge on any atom is 0.325 e. The van der Waals surface area contributed by atoms with Crippen LogP contribution in [0.1, 0.15) is 33.3 Å². The van der Waals surface area contributed by atoms with Crippen LogP contribution in [0.4, 0.5) is 16.2 Å². The van der Waals surface area contributed by atoms with E-state index in [0.29, 0.717) is 17.3 Å². The second-order valence-corrected chi connectivity index (χ2v) is 8.85. The Kier molecular flexibility index (Phi) is 6.69. The molecule has 4 amide bonds. The molecule has 1 saturated heterocycles. The molecule has 1 unspecified atom stereocenters. The van der Waals surface area contributed by atoms with Crippen LogP contribution in [0.5, 0.6) is 0 Å². The van der Waals surface area contributed by atoms with Crippen molar-refractivity contribution in [2.45, 2.75) is 39.3 Å². The van der Waals surface area contributed by atoms with Crippen molar-refractivity contribution in [2.24, 2.45) is 0 Å². The molecule has 2 aromatic carbocycles. The zero-order chi connectivity index (χ0) is 22.8. The van der Waals surface area contributed by atoms with E-state index in [0.717, 1.165) is 21.6 Å². The number of urea groups is 1. The van der Waals surface area contributed by atoms with Gasteiger partial charge in [0.2, 0.25) is 5.91 Å². The minimum absolute atomic E-state index is 0.358. The number of hydrogen-bond donors (Lipinski definition) is 2. The second kappa shape index (κ2) is 9.09. The van der Waals surface area contributed by atoms with Crippen molar-refractivity contribution in [2.75, 3.05) is 23.3 Å². The van der Waals surface area contributed by atoms with Crippen molar-refractivity contribution in [1.29, 1.82) is 0 Å². The van der Waals surface area contributed by atoms with E-state index < -0.39 is 23.4 Å². The van der Waals surface area contributed by atoms with Gasteiger partial charge in [-0.2, -0.15) is 0 Å². The highest BCUT2D eigenvalue weighted by Crippen LogP contribution is 2.30. The van der Waals surface area contributed by atoms with Crippen molar-refractivity contribution in [3.63, 3.8) is 0 Å². The maximum absolute atomic E-state index is 13.0. The summed E-state index contributed by atoms with van der Waals surface area (Å²) in [4.78, 5) is 41.2. The lowest BCUT2D eigenvalue weighted by Gasteiger charge is -2.27. The lowest BCUT2D eigenvalue weighted by molar-refractivity contribution is -0.133. The van der Waals surface area contributed by atoms with Gasteiger partial charge < -0.3 is 15.5 Å². The fourth-order valence-electron chi connectivity index (χ4n) is 3.76. The van der Waals surface area contributed by atoms with Crippen molar-refractivity contribution in [1.82, 2.24) is 10.2 Å². The van der Waals surface area contributed by atoms with E-state index in [1.54, 1.807) is 25.1 Å². The highest BCUT2D eigenvalue weighted by Gasteiger charge is 2.49. The molecule has 1 aliphatic rings. The molecule has 1 fully saturated rings. The normalized spacial score (nSPS) is 18.3. The molecule has 2 N–H and O–H groups in total. The van der Waals surface area contributed by atoms with Crippen LogP contribution in [0.25, 0.3) is 0 Å². The van der Waals surface area contributed by atoms with Crippen LogP contribution < -0.4 is 15.5 Å². The van der Waals surface area contributed by atoms with Crippen molar-refractivity contribution >= 4 is 45.2 Å². The van der Waals surface area contributed by atoms with E-state index in [-0.39, 0.29) is 6.54 Å². The molecule has 0 spiro atoms. The molecular weight excluding hydrogens is 460 g/mol. The highest BCUT2D eigenvalue weighted by molar-refractivity contribution is 9.10. The Labute approximate surface area is 190 Å². The Morgan fingerprint density at radius 3 is 2.45 bits per heavy atom. The lowest BCUT2D eigenvalue weighted by Crippen LogP contribution is -2.42. The zero-order valence-electron chi connectivity index (χ0n) is 18.1. The summed E-state index contributed by atoms with van der Waals surface area (Å²) in [7, 11) is 0. The number of rotatable bonds is 7. The van der Waals surface area contributed by atoms with E-state index in [1.165, 1.54) is 0 Å². The summed E-state index contributed by atoms with van der Waals surface area (Å²) in [6.07, 6.45) is 0. The second-order valence-electron chi connectivity index (χ2n) is 7.93. The molecule has 0 radical (unpaired) electrons. The van der Waals surface area contributed by atoms with Gasteiger partial charge in [0, 0.05) is 28.4 Å². The first-order valence-electron chi connectivity index (χ1n) is 10.2. The van der Waals surface area contributed by atoms with Crippen LogP contribution in [-0.2, 0) is 15.1 Å². The maximum atomic E-state index is 13.0. The molecule has 1 aliphatic heterocycles. The average Bonchev–Trinajstić information content (AvgIpc) is 2.93. The highest BCUT2D eigenvalue weighted by atomic mass is 79.9. The molecule has 2 aromatic rings. The first-order valence-corrected chi connectivity index (χ1v) is 11.0. The van der Waals surface area contributed by atoms with Gasteiger partial charge >= 0.3 is 6.03 Å². The van der Waals surface area contributed by atoms with Crippen LogP contribution in [0, 0.1) is 0 Å². The van der Waals surface area contributed by atoms with Gasteiger partial charge in [0.15, 0.2) is 0 Å². The Morgan fingerprint density at radius 1 is 1.19 bits per heavy atom. The van der Waals surface area contributed by atoms with Gasteiger partial charge in [-0.1, -0.05) is 28.1 Å². The van der Waals surface area contributed by atoms with Gasteiger partial charge in [-0.05, 0) is 69.7 Å². The van der Waals surface area contributed by atoms with Crippen LogP contribution in [-0.4, -0.2) is 41.9 Å². The number of hydrogen-bond acceptors (Lipinski definition) is 4. The summed E-state index contributed by atoms with van der Waals surface area (Å²) in [6, 6.07) is 14.5. The number of nitrogens with zero attached hydrogens (tertiary/aromatic N) is 2. The molecular formula is C23H27BrN4O3. The smallest absolute Gasteiger partial charge is 0.325 e. The average molecular weight is 487 g/mol. The molecule has 8 heteroatoms. The Morgan fingerprint density at radius 2 is 1.87 bits per heavy atom. The van der Waals surface area contributed by atoms with Gasteiger partial charge in [0.05, 0.1) is 0 Å². The van der Waals surface area contributed by atoms with E-state index in [9.17, 15) is 14.4 Å². The molecule has 0 saturated carbocycles. The van der Waals surface area contributed by atoms with E-state index in [1.807, 2.05) is 30.3 Å². The molecule has 0 aromatic heterocycles. The zero-order valence-corrected chi connectivity index (χ0v) is 19.7. The van der Waals surface area contributed by atoms with E-state index >= 15 is 0 Å². The van der Waals surface area contributed by atoms with Gasteiger partial charge in [0.25, 0.3) is 5.91 Å². The van der Waals surface area contributed by atoms with E-state index in [4.69, 9.17) is 0 Å². The molecule has 7 nitrogen and oxygen atoms in total. The third-order valence-corrected chi connectivity index (χ3v) is 5.92. The number of anilines is 2. The fraction of sp³-hybridized carbons (Fsp3) is 0.348. The van der Waals surface area contributed by atoms with Gasteiger partial charge in [0.1, 0.15) is 12.1 Å². The Hall–Kier alpha value is -2.87. The van der Waals surface area contributed by atoms with Crippen molar-refractivity contribution < 1.29 is 14.4 Å². The SMILES string of the molecule is CCN(c1ccc(NC(=O)CN2C(=O)NC(C)(c3cccc(Br)c3)C2=O)cc1)C(C)C. The molecule has 1 heterocycles.